The SMILES string of the molecule is CC(=C(C#N)C#N)c1ccc2cc(N(C)CCOS(=O)(=O)c3ccc(C)cc3)ccc2c1. The molecule has 0 aliphatic carbocycles. The molecule has 0 amide bonds. The normalized spacial score (nSPS) is 10.9. The second-order valence-electron chi connectivity index (χ2n) is 7.48. The molecule has 0 heterocycles. The number of nitrogens with zero attached hydrogens (tertiary/aromatic N) is 3. The Morgan fingerprint density at radius 2 is 1.59 bits per heavy atom. The maximum atomic E-state index is 12.3. The highest BCUT2D eigenvalue weighted by Crippen LogP contribution is 2.26. The Balaban J connectivity index is 1.71. The lowest BCUT2D eigenvalue weighted by Crippen LogP contribution is -2.24. The molecule has 3 rings (SSSR count). The van der Waals surface area contributed by atoms with E-state index in [1.54, 1.807) is 31.2 Å². The minimum atomic E-state index is -3.79. The standard InChI is InChI=1S/C25H23N3O3S/c1-18-4-10-25(11-5-18)32(29,30)31-13-12-28(3)24-9-8-21-14-20(6-7-22(21)15-24)19(2)23(16-26)17-27/h4-11,14-15H,12-13H2,1-3H3. The molecule has 3 aromatic carbocycles. The van der Waals surface area contributed by atoms with Crippen molar-refractivity contribution in [1.29, 1.82) is 10.5 Å². The Labute approximate surface area is 188 Å². The summed E-state index contributed by atoms with van der Waals surface area (Å²) >= 11 is 0. The number of nitriles is 2. The van der Waals surface area contributed by atoms with Gasteiger partial charge >= 0.3 is 0 Å². The molecule has 0 unspecified atom stereocenters. The smallest absolute Gasteiger partial charge is 0.297 e. The largest absolute Gasteiger partial charge is 0.372 e. The maximum absolute atomic E-state index is 12.3. The predicted molar refractivity (Wildman–Crippen MR) is 125 cm³/mol. The van der Waals surface area contributed by atoms with Crippen molar-refractivity contribution in [3.05, 3.63) is 77.4 Å². The first-order valence-corrected chi connectivity index (χ1v) is 11.4. The first-order valence-electron chi connectivity index (χ1n) is 9.97. The number of likely N-dealkylation sites (N-methyl/N-ethyl adjacent to an activating group) is 1. The third-order valence-corrected chi connectivity index (χ3v) is 6.60. The molecule has 0 aliphatic heterocycles. The Hall–Kier alpha value is -3.65. The Kier molecular flexibility index (Phi) is 6.95. The first-order chi connectivity index (χ1) is 15.2. The topological polar surface area (TPSA) is 94.2 Å². The molecule has 0 bridgehead atoms. The van der Waals surface area contributed by atoms with Gasteiger partial charge in [0.25, 0.3) is 10.1 Å². The zero-order chi connectivity index (χ0) is 23.3. The van der Waals surface area contributed by atoms with Crippen LogP contribution >= 0.6 is 0 Å². The van der Waals surface area contributed by atoms with Crippen LogP contribution < -0.4 is 4.90 Å². The molecule has 0 radical (unpaired) electrons. The van der Waals surface area contributed by atoms with Crippen molar-refractivity contribution in [2.75, 3.05) is 25.1 Å². The molecule has 0 spiro atoms. The van der Waals surface area contributed by atoms with E-state index in [9.17, 15) is 8.42 Å². The van der Waals surface area contributed by atoms with Crippen LogP contribution in [0.1, 0.15) is 18.1 Å². The van der Waals surface area contributed by atoms with E-state index in [-0.39, 0.29) is 17.1 Å². The van der Waals surface area contributed by atoms with Crippen molar-refractivity contribution in [2.45, 2.75) is 18.7 Å². The minimum absolute atomic E-state index is 0.0266. The van der Waals surface area contributed by atoms with Crippen LogP contribution in [0.25, 0.3) is 16.3 Å². The molecule has 32 heavy (non-hydrogen) atoms. The number of hydrogen-bond donors (Lipinski definition) is 0. The summed E-state index contributed by atoms with van der Waals surface area (Å²) in [6.45, 7) is 4.07. The van der Waals surface area contributed by atoms with Crippen molar-refractivity contribution >= 4 is 32.2 Å². The van der Waals surface area contributed by atoms with Gasteiger partial charge in [0.1, 0.15) is 17.7 Å². The van der Waals surface area contributed by atoms with Gasteiger partial charge in [-0.15, -0.1) is 0 Å². The number of allylic oxidation sites excluding steroid dienone is 2. The monoisotopic (exact) mass is 445 g/mol. The van der Waals surface area contributed by atoms with Gasteiger partial charge in [-0.25, -0.2) is 0 Å². The van der Waals surface area contributed by atoms with Crippen molar-refractivity contribution < 1.29 is 12.6 Å². The number of benzene rings is 3. The van der Waals surface area contributed by atoms with Gasteiger partial charge in [-0.2, -0.15) is 18.9 Å². The molecule has 0 saturated carbocycles. The highest BCUT2D eigenvalue weighted by Gasteiger charge is 2.15. The van der Waals surface area contributed by atoms with E-state index in [1.807, 2.05) is 67.4 Å². The second-order valence-corrected chi connectivity index (χ2v) is 9.10. The highest BCUT2D eigenvalue weighted by atomic mass is 32.2. The van der Waals surface area contributed by atoms with E-state index in [0.717, 1.165) is 27.6 Å². The Morgan fingerprint density at radius 1 is 0.969 bits per heavy atom. The lowest BCUT2D eigenvalue weighted by Gasteiger charge is -2.20. The highest BCUT2D eigenvalue weighted by molar-refractivity contribution is 7.86. The van der Waals surface area contributed by atoms with Crippen molar-refractivity contribution in [1.82, 2.24) is 0 Å². The van der Waals surface area contributed by atoms with Gasteiger partial charge < -0.3 is 4.90 Å². The zero-order valence-corrected chi connectivity index (χ0v) is 19.0. The van der Waals surface area contributed by atoms with E-state index < -0.39 is 10.1 Å². The molecule has 6 nitrogen and oxygen atoms in total. The van der Waals surface area contributed by atoms with Crippen molar-refractivity contribution in [3.8, 4) is 12.1 Å². The molecule has 162 valence electrons. The third-order valence-electron chi connectivity index (χ3n) is 5.27. The van der Waals surface area contributed by atoms with Gasteiger partial charge in [0, 0.05) is 19.3 Å². The average Bonchev–Trinajstić information content (AvgIpc) is 2.79. The molecule has 0 fully saturated rings. The summed E-state index contributed by atoms with van der Waals surface area (Å²) in [6.07, 6.45) is 0. The quantitative estimate of drug-likeness (QED) is 0.383. The van der Waals surface area contributed by atoms with Crippen LogP contribution in [-0.4, -0.2) is 28.6 Å². The number of hydrogen-bond acceptors (Lipinski definition) is 6. The predicted octanol–water partition coefficient (Wildman–Crippen LogP) is 4.81. The van der Waals surface area contributed by atoms with Crippen molar-refractivity contribution in [3.63, 3.8) is 0 Å². The molecule has 0 atom stereocenters. The van der Waals surface area contributed by atoms with Crippen LogP contribution in [0.4, 0.5) is 5.69 Å². The molecule has 0 N–H and O–H groups in total. The minimum Gasteiger partial charge on any atom is -0.372 e. The lowest BCUT2D eigenvalue weighted by atomic mass is 9.99. The van der Waals surface area contributed by atoms with E-state index in [1.165, 1.54) is 0 Å². The van der Waals surface area contributed by atoms with Crippen LogP contribution in [0.15, 0.2) is 71.1 Å². The molecular formula is C25H23N3O3S. The third kappa shape index (κ3) is 5.15. The van der Waals surface area contributed by atoms with Gasteiger partial charge in [0.05, 0.1) is 11.5 Å². The van der Waals surface area contributed by atoms with Crippen LogP contribution in [0, 0.1) is 29.6 Å². The first kappa shape index (κ1) is 23.0. The van der Waals surface area contributed by atoms with Gasteiger partial charge in [-0.1, -0.05) is 35.9 Å². The summed E-state index contributed by atoms with van der Waals surface area (Å²) < 4.78 is 29.9. The molecule has 3 aromatic rings. The van der Waals surface area contributed by atoms with E-state index in [4.69, 9.17) is 14.7 Å². The zero-order valence-electron chi connectivity index (χ0n) is 18.2. The number of aryl methyl sites for hydroxylation is 1. The van der Waals surface area contributed by atoms with Crippen molar-refractivity contribution in [2.24, 2.45) is 0 Å². The average molecular weight is 446 g/mol. The fourth-order valence-corrected chi connectivity index (χ4v) is 4.13. The van der Waals surface area contributed by atoms with E-state index in [0.29, 0.717) is 12.1 Å². The molecular weight excluding hydrogens is 422 g/mol. The Bertz CT molecular complexity index is 1350. The fourth-order valence-electron chi connectivity index (χ4n) is 3.23. The molecule has 0 saturated heterocycles. The molecule has 0 aromatic heterocycles. The summed E-state index contributed by atoms with van der Waals surface area (Å²) in [5, 5.41) is 20.1. The summed E-state index contributed by atoms with van der Waals surface area (Å²) in [7, 11) is -1.92. The van der Waals surface area contributed by atoms with Gasteiger partial charge in [0.2, 0.25) is 0 Å². The van der Waals surface area contributed by atoms with E-state index >= 15 is 0 Å². The summed E-state index contributed by atoms with van der Waals surface area (Å²) in [5.74, 6) is 0. The van der Waals surface area contributed by atoms with Crippen LogP contribution in [0.2, 0.25) is 0 Å². The Morgan fingerprint density at radius 3 is 2.25 bits per heavy atom. The number of fused-ring (bicyclic) bond motifs is 1. The van der Waals surface area contributed by atoms with Gasteiger partial charge in [0.15, 0.2) is 0 Å². The van der Waals surface area contributed by atoms with E-state index in [2.05, 4.69) is 0 Å². The maximum Gasteiger partial charge on any atom is 0.297 e. The summed E-state index contributed by atoms with van der Waals surface area (Å²) in [4.78, 5) is 2.07. The fraction of sp³-hybridized carbons (Fsp3) is 0.200. The van der Waals surface area contributed by atoms with Crippen LogP contribution in [-0.2, 0) is 14.3 Å². The molecule has 7 heteroatoms. The summed E-state index contributed by atoms with van der Waals surface area (Å²) in [5.41, 5.74) is 3.47. The number of anilines is 1. The number of rotatable bonds is 7. The van der Waals surface area contributed by atoms with Gasteiger partial charge in [-0.3, -0.25) is 4.18 Å². The van der Waals surface area contributed by atoms with Crippen LogP contribution in [0.5, 0.6) is 0 Å². The van der Waals surface area contributed by atoms with Gasteiger partial charge in [-0.05, 0) is 66.1 Å². The second kappa shape index (κ2) is 9.65. The lowest BCUT2D eigenvalue weighted by molar-refractivity contribution is 0.325. The van der Waals surface area contributed by atoms with Crippen LogP contribution in [0.3, 0.4) is 0 Å². The summed E-state index contributed by atoms with van der Waals surface area (Å²) in [6, 6.07) is 22.1. The molecule has 0 aliphatic rings.